The number of benzene rings is 1. The normalized spacial score (nSPS) is 10.8. The number of rotatable bonds is 6. The van der Waals surface area contributed by atoms with Crippen molar-refractivity contribution in [3.05, 3.63) is 47.3 Å². The fraction of sp³-hybridized carbons (Fsp3) is 0.438. The molecule has 0 unspecified atom stereocenters. The average molecular weight is 272 g/mol. The number of hydrogen-bond donors (Lipinski definition) is 1. The van der Waals surface area contributed by atoms with E-state index in [0.717, 1.165) is 25.2 Å². The van der Waals surface area contributed by atoms with Gasteiger partial charge in [0.1, 0.15) is 0 Å². The van der Waals surface area contributed by atoms with E-state index in [4.69, 9.17) is 5.73 Å². The van der Waals surface area contributed by atoms with E-state index in [-0.39, 0.29) is 0 Å². The number of hydrogen-bond acceptors (Lipinski definition) is 3. The average Bonchev–Trinajstić information content (AvgIpc) is 2.76. The summed E-state index contributed by atoms with van der Waals surface area (Å²) >= 11 is 0. The van der Waals surface area contributed by atoms with E-state index in [0.29, 0.717) is 6.54 Å². The van der Waals surface area contributed by atoms with Crippen molar-refractivity contribution in [1.29, 1.82) is 0 Å². The van der Waals surface area contributed by atoms with Crippen LogP contribution in [0.5, 0.6) is 0 Å². The molecular formula is C16H24N4. The van der Waals surface area contributed by atoms with Crippen molar-refractivity contribution in [3.63, 3.8) is 0 Å². The van der Waals surface area contributed by atoms with Crippen molar-refractivity contribution < 1.29 is 0 Å². The van der Waals surface area contributed by atoms with Crippen LogP contribution in [0.3, 0.4) is 0 Å². The van der Waals surface area contributed by atoms with E-state index in [1.54, 1.807) is 0 Å². The van der Waals surface area contributed by atoms with Gasteiger partial charge in [0.05, 0.1) is 17.9 Å². The lowest BCUT2D eigenvalue weighted by Gasteiger charge is -2.24. The third-order valence-corrected chi connectivity index (χ3v) is 3.48. The lowest BCUT2D eigenvalue weighted by molar-refractivity contribution is 0.670. The molecule has 0 radical (unpaired) electrons. The standard InChI is InChI=1S/C16H24N4/c1-4-9-20(12-16-10-13(2)18-19(16)3)15-7-5-14(11-17)6-8-15/h5-8,10H,4,9,11-12,17H2,1-3H3. The third kappa shape index (κ3) is 3.39. The van der Waals surface area contributed by atoms with Crippen LogP contribution in [-0.4, -0.2) is 16.3 Å². The van der Waals surface area contributed by atoms with Crippen LogP contribution in [-0.2, 0) is 20.1 Å². The number of aryl methyl sites for hydroxylation is 2. The number of nitrogens with two attached hydrogens (primary N) is 1. The summed E-state index contributed by atoms with van der Waals surface area (Å²) in [5.41, 5.74) is 10.4. The van der Waals surface area contributed by atoms with E-state index < -0.39 is 0 Å². The van der Waals surface area contributed by atoms with Gasteiger partial charge in [-0.25, -0.2) is 0 Å². The Labute approximate surface area is 121 Å². The summed E-state index contributed by atoms with van der Waals surface area (Å²) in [6, 6.07) is 10.7. The Morgan fingerprint density at radius 2 is 1.95 bits per heavy atom. The molecule has 20 heavy (non-hydrogen) atoms. The zero-order valence-corrected chi connectivity index (χ0v) is 12.6. The molecular weight excluding hydrogens is 248 g/mol. The van der Waals surface area contributed by atoms with Gasteiger partial charge in [0, 0.05) is 25.8 Å². The summed E-state index contributed by atoms with van der Waals surface area (Å²) in [5.74, 6) is 0. The van der Waals surface area contributed by atoms with Gasteiger partial charge >= 0.3 is 0 Å². The van der Waals surface area contributed by atoms with Crippen molar-refractivity contribution in [2.24, 2.45) is 12.8 Å². The van der Waals surface area contributed by atoms with Gasteiger partial charge in [-0.15, -0.1) is 0 Å². The molecule has 4 heteroatoms. The fourth-order valence-electron chi connectivity index (χ4n) is 2.42. The van der Waals surface area contributed by atoms with Crippen LogP contribution >= 0.6 is 0 Å². The van der Waals surface area contributed by atoms with Gasteiger partial charge in [0.15, 0.2) is 0 Å². The Morgan fingerprint density at radius 1 is 1.25 bits per heavy atom. The Bertz CT molecular complexity index is 542. The first-order chi connectivity index (χ1) is 9.63. The zero-order chi connectivity index (χ0) is 14.5. The van der Waals surface area contributed by atoms with Crippen molar-refractivity contribution in [3.8, 4) is 0 Å². The summed E-state index contributed by atoms with van der Waals surface area (Å²) in [6.07, 6.45) is 1.12. The molecule has 0 aliphatic rings. The zero-order valence-electron chi connectivity index (χ0n) is 12.6. The molecule has 0 aliphatic carbocycles. The van der Waals surface area contributed by atoms with E-state index in [9.17, 15) is 0 Å². The van der Waals surface area contributed by atoms with Gasteiger partial charge in [-0.2, -0.15) is 5.10 Å². The Hall–Kier alpha value is -1.81. The molecule has 0 aliphatic heterocycles. The highest BCUT2D eigenvalue weighted by Gasteiger charge is 2.10. The van der Waals surface area contributed by atoms with Crippen LogP contribution in [0.4, 0.5) is 5.69 Å². The van der Waals surface area contributed by atoms with Crippen molar-refractivity contribution in [2.75, 3.05) is 11.4 Å². The van der Waals surface area contributed by atoms with Crippen LogP contribution in [0.2, 0.25) is 0 Å². The molecule has 0 bridgehead atoms. The molecule has 108 valence electrons. The van der Waals surface area contributed by atoms with E-state index in [1.807, 2.05) is 18.7 Å². The molecule has 2 rings (SSSR count). The second kappa shape index (κ2) is 6.57. The molecule has 1 aromatic carbocycles. The van der Waals surface area contributed by atoms with Crippen molar-refractivity contribution >= 4 is 5.69 Å². The molecule has 0 atom stereocenters. The maximum Gasteiger partial charge on any atom is 0.0598 e. The second-order valence-corrected chi connectivity index (χ2v) is 5.19. The molecule has 2 aromatic rings. The van der Waals surface area contributed by atoms with Crippen LogP contribution < -0.4 is 10.6 Å². The lowest BCUT2D eigenvalue weighted by atomic mass is 10.2. The largest absolute Gasteiger partial charge is 0.366 e. The molecule has 0 fully saturated rings. The summed E-state index contributed by atoms with van der Waals surface area (Å²) in [6.45, 7) is 6.74. The van der Waals surface area contributed by atoms with Gasteiger partial charge in [-0.1, -0.05) is 19.1 Å². The first-order valence-corrected chi connectivity index (χ1v) is 7.17. The number of anilines is 1. The smallest absolute Gasteiger partial charge is 0.0598 e. The predicted octanol–water partition coefficient (Wildman–Crippen LogP) is 2.60. The maximum absolute atomic E-state index is 5.66. The van der Waals surface area contributed by atoms with Gasteiger partial charge in [-0.3, -0.25) is 4.68 Å². The second-order valence-electron chi connectivity index (χ2n) is 5.19. The Balaban J connectivity index is 2.19. The number of aromatic nitrogens is 2. The van der Waals surface area contributed by atoms with Crippen molar-refractivity contribution in [2.45, 2.75) is 33.4 Å². The van der Waals surface area contributed by atoms with Crippen molar-refractivity contribution in [1.82, 2.24) is 9.78 Å². The minimum atomic E-state index is 0.592. The molecule has 0 saturated carbocycles. The van der Waals surface area contributed by atoms with Gasteiger partial charge < -0.3 is 10.6 Å². The highest BCUT2D eigenvalue weighted by Crippen LogP contribution is 2.18. The van der Waals surface area contributed by atoms with E-state index in [2.05, 4.69) is 47.3 Å². The van der Waals surface area contributed by atoms with E-state index >= 15 is 0 Å². The van der Waals surface area contributed by atoms with Crippen LogP contribution in [0.15, 0.2) is 30.3 Å². The van der Waals surface area contributed by atoms with E-state index in [1.165, 1.54) is 16.9 Å². The molecule has 1 aromatic heterocycles. The molecule has 1 heterocycles. The fourth-order valence-corrected chi connectivity index (χ4v) is 2.42. The molecule has 2 N–H and O–H groups in total. The summed E-state index contributed by atoms with van der Waals surface area (Å²) in [4.78, 5) is 2.39. The summed E-state index contributed by atoms with van der Waals surface area (Å²) < 4.78 is 1.96. The minimum absolute atomic E-state index is 0.592. The first-order valence-electron chi connectivity index (χ1n) is 7.17. The molecule has 0 saturated heterocycles. The SMILES string of the molecule is CCCN(Cc1cc(C)nn1C)c1ccc(CN)cc1. The van der Waals surface area contributed by atoms with Crippen LogP contribution in [0.1, 0.15) is 30.3 Å². The Morgan fingerprint density at radius 3 is 2.45 bits per heavy atom. The predicted molar refractivity (Wildman–Crippen MR) is 83.6 cm³/mol. The van der Waals surface area contributed by atoms with Crippen LogP contribution in [0.25, 0.3) is 0 Å². The van der Waals surface area contributed by atoms with Gasteiger partial charge in [-0.05, 0) is 37.1 Å². The highest BCUT2D eigenvalue weighted by molar-refractivity contribution is 5.48. The minimum Gasteiger partial charge on any atom is -0.366 e. The molecule has 4 nitrogen and oxygen atoms in total. The quantitative estimate of drug-likeness (QED) is 0.879. The Kier molecular flexibility index (Phi) is 4.79. The monoisotopic (exact) mass is 272 g/mol. The summed E-state index contributed by atoms with van der Waals surface area (Å²) in [7, 11) is 2.00. The van der Waals surface area contributed by atoms with Gasteiger partial charge in [0.2, 0.25) is 0 Å². The maximum atomic E-state index is 5.66. The summed E-state index contributed by atoms with van der Waals surface area (Å²) in [5, 5.41) is 4.42. The molecule has 0 amide bonds. The third-order valence-electron chi connectivity index (χ3n) is 3.48. The lowest BCUT2D eigenvalue weighted by Crippen LogP contribution is -2.24. The number of nitrogens with zero attached hydrogens (tertiary/aromatic N) is 3. The first kappa shape index (κ1) is 14.6. The highest BCUT2D eigenvalue weighted by atomic mass is 15.3. The molecule has 0 spiro atoms. The van der Waals surface area contributed by atoms with Gasteiger partial charge in [0.25, 0.3) is 0 Å². The van der Waals surface area contributed by atoms with Crippen LogP contribution in [0, 0.1) is 6.92 Å². The topological polar surface area (TPSA) is 47.1 Å².